The zero-order valence-corrected chi connectivity index (χ0v) is 18.1. The molecular formula is C25H29N3O4. The van der Waals surface area contributed by atoms with Crippen molar-refractivity contribution in [2.45, 2.75) is 44.9 Å². The smallest absolute Gasteiger partial charge is 0.265 e. The Morgan fingerprint density at radius 1 is 0.938 bits per heavy atom. The van der Waals surface area contributed by atoms with E-state index in [0.717, 1.165) is 6.42 Å². The van der Waals surface area contributed by atoms with Gasteiger partial charge in [0.05, 0.1) is 5.69 Å². The lowest BCUT2D eigenvalue weighted by molar-refractivity contribution is -0.123. The summed E-state index contributed by atoms with van der Waals surface area (Å²) in [7, 11) is 0. The lowest BCUT2D eigenvalue weighted by Gasteiger charge is -2.29. The third kappa shape index (κ3) is 5.66. The van der Waals surface area contributed by atoms with E-state index in [-0.39, 0.29) is 30.9 Å². The number of rotatable bonds is 7. The van der Waals surface area contributed by atoms with Crippen LogP contribution in [0.2, 0.25) is 0 Å². The first-order valence-electron chi connectivity index (χ1n) is 11.3. The third-order valence-electron chi connectivity index (χ3n) is 6.05. The minimum atomic E-state index is -0.306. The number of carbonyl (C=O) groups is 3. The van der Waals surface area contributed by atoms with Crippen LogP contribution < -0.4 is 20.3 Å². The number of nitrogens with one attached hydrogen (secondary N) is 2. The third-order valence-corrected chi connectivity index (χ3v) is 6.05. The van der Waals surface area contributed by atoms with Crippen molar-refractivity contribution in [1.29, 1.82) is 0 Å². The van der Waals surface area contributed by atoms with Gasteiger partial charge in [-0.1, -0.05) is 50.3 Å². The van der Waals surface area contributed by atoms with Crippen LogP contribution in [0.5, 0.6) is 5.75 Å². The molecule has 168 valence electrons. The average molecular weight is 436 g/mol. The number of amides is 3. The summed E-state index contributed by atoms with van der Waals surface area (Å²) in [6.07, 6.45) is 7.65. The van der Waals surface area contributed by atoms with Gasteiger partial charge < -0.3 is 15.4 Å². The fourth-order valence-electron chi connectivity index (χ4n) is 4.35. The molecule has 0 saturated heterocycles. The molecule has 0 spiro atoms. The summed E-state index contributed by atoms with van der Waals surface area (Å²) in [5.74, 6) is 0.507. The predicted octanol–water partition coefficient (Wildman–Crippen LogP) is 4.35. The van der Waals surface area contributed by atoms with Crippen LogP contribution in [0.1, 0.15) is 44.9 Å². The summed E-state index contributed by atoms with van der Waals surface area (Å²) in [6, 6.07) is 14.3. The van der Waals surface area contributed by atoms with Crippen LogP contribution in [0, 0.1) is 5.92 Å². The van der Waals surface area contributed by atoms with E-state index in [4.69, 9.17) is 4.74 Å². The van der Waals surface area contributed by atoms with E-state index in [1.54, 1.807) is 30.3 Å². The topological polar surface area (TPSA) is 87.7 Å². The number of nitrogens with zero attached hydrogens (tertiary/aromatic N) is 1. The fourth-order valence-corrected chi connectivity index (χ4v) is 4.35. The van der Waals surface area contributed by atoms with E-state index in [1.807, 2.05) is 18.2 Å². The standard InChI is InChI=1S/C25H29N3O4/c29-23(14-11-18-7-3-1-4-8-18)27-20-12-13-22-21(15-20)28(25(31)17-32-22)16-24(30)26-19-9-5-2-6-10-19/h2,5-6,9-10,12-13,15,18H,1,3-4,7-8,11,14,16-17H2,(H,26,30)(H,27,29). The van der Waals surface area contributed by atoms with Crippen LogP contribution in [-0.2, 0) is 14.4 Å². The summed E-state index contributed by atoms with van der Waals surface area (Å²) in [5, 5.41) is 5.72. The number of hydrogen-bond donors (Lipinski definition) is 2. The fraction of sp³-hybridized carbons (Fsp3) is 0.400. The van der Waals surface area contributed by atoms with Gasteiger partial charge in [-0.3, -0.25) is 19.3 Å². The molecule has 0 aromatic heterocycles. The van der Waals surface area contributed by atoms with Crippen LogP contribution >= 0.6 is 0 Å². The lowest BCUT2D eigenvalue weighted by atomic mass is 9.86. The molecule has 0 unspecified atom stereocenters. The number of ether oxygens (including phenoxy) is 1. The van der Waals surface area contributed by atoms with Gasteiger partial charge in [0.15, 0.2) is 6.61 Å². The van der Waals surface area contributed by atoms with Gasteiger partial charge in [-0.15, -0.1) is 0 Å². The number of benzene rings is 2. The van der Waals surface area contributed by atoms with Gasteiger partial charge in [-0.05, 0) is 42.7 Å². The van der Waals surface area contributed by atoms with Gasteiger partial charge >= 0.3 is 0 Å². The molecule has 0 bridgehead atoms. The summed E-state index contributed by atoms with van der Waals surface area (Å²) >= 11 is 0. The van der Waals surface area contributed by atoms with Gasteiger partial charge in [0, 0.05) is 17.8 Å². The van der Waals surface area contributed by atoms with Crippen LogP contribution in [-0.4, -0.2) is 30.9 Å². The molecule has 1 aliphatic heterocycles. The zero-order valence-electron chi connectivity index (χ0n) is 18.1. The van der Waals surface area contributed by atoms with Gasteiger partial charge in [0.1, 0.15) is 12.3 Å². The molecular weight excluding hydrogens is 406 g/mol. The molecule has 0 atom stereocenters. The molecule has 2 aromatic rings. The van der Waals surface area contributed by atoms with Crippen molar-refractivity contribution in [3.63, 3.8) is 0 Å². The summed E-state index contributed by atoms with van der Waals surface area (Å²) in [4.78, 5) is 38.9. The molecule has 3 amide bonds. The maximum atomic E-state index is 12.5. The monoisotopic (exact) mass is 435 g/mol. The Labute approximate surface area is 188 Å². The SMILES string of the molecule is O=C(CCC1CCCCC1)Nc1ccc2c(c1)N(CC(=O)Nc1ccccc1)C(=O)CO2. The number of fused-ring (bicyclic) bond motifs is 1. The Hall–Kier alpha value is -3.35. The second kappa shape index (κ2) is 10.3. The van der Waals surface area contributed by atoms with Crippen molar-refractivity contribution < 1.29 is 19.1 Å². The lowest BCUT2D eigenvalue weighted by Crippen LogP contribution is -2.43. The Morgan fingerprint density at radius 3 is 2.47 bits per heavy atom. The first-order chi connectivity index (χ1) is 15.6. The van der Waals surface area contributed by atoms with Crippen molar-refractivity contribution in [3.8, 4) is 5.75 Å². The molecule has 2 aliphatic rings. The normalized spacial score (nSPS) is 16.1. The first kappa shape index (κ1) is 21.9. The summed E-state index contributed by atoms with van der Waals surface area (Å²) in [5.41, 5.74) is 1.73. The molecule has 2 aromatic carbocycles. The summed E-state index contributed by atoms with van der Waals surface area (Å²) in [6.45, 7) is -0.262. The number of para-hydroxylation sites is 1. The van der Waals surface area contributed by atoms with Crippen LogP contribution in [0.4, 0.5) is 17.1 Å². The first-order valence-corrected chi connectivity index (χ1v) is 11.3. The molecule has 2 N–H and O–H groups in total. The van der Waals surface area contributed by atoms with Crippen molar-refractivity contribution in [3.05, 3.63) is 48.5 Å². The maximum Gasteiger partial charge on any atom is 0.265 e. The van der Waals surface area contributed by atoms with Gasteiger partial charge in [0.2, 0.25) is 11.8 Å². The quantitative estimate of drug-likeness (QED) is 0.677. The minimum Gasteiger partial charge on any atom is -0.482 e. The van der Waals surface area contributed by atoms with Crippen molar-refractivity contribution in [2.75, 3.05) is 28.7 Å². The van der Waals surface area contributed by atoms with Crippen molar-refractivity contribution in [1.82, 2.24) is 0 Å². The number of carbonyl (C=O) groups excluding carboxylic acids is 3. The Morgan fingerprint density at radius 2 is 1.69 bits per heavy atom. The maximum absolute atomic E-state index is 12.5. The molecule has 1 saturated carbocycles. The van der Waals surface area contributed by atoms with E-state index in [0.29, 0.717) is 35.2 Å². The highest BCUT2D eigenvalue weighted by atomic mass is 16.5. The van der Waals surface area contributed by atoms with E-state index in [2.05, 4.69) is 10.6 Å². The second-order valence-electron chi connectivity index (χ2n) is 8.46. The van der Waals surface area contributed by atoms with Gasteiger partial charge in [0.25, 0.3) is 5.91 Å². The summed E-state index contributed by atoms with van der Waals surface area (Å²) < 4.78 is 5.52. The molecule has 7 heteroatoms. The number of anilines is 3. The van der Waals surface area contributed by atoms with Gasteiger partial charge in [-0.25, -0.2) is 0 Å². The molecule has 1 heterocycles. The molecule has 7 nitrogen and oxygen atoms in total. The van der Waals surface area contributed by atoms with E-state index in [9.17, 15) is 14.4 Å². The van der Waals surface area contributed by atoms with Crippen LogP contribution in [0.25, 0.3) is 0 Å². The highest BCUT2D eigenvalue weighted by Crippen LogP contribution is 2.35. The van der Waals surface area contributed by atoms with E-state index >= 15 is 0 Å². The molecule has 32 heavy (non-hydrogen) atoms. The molecule has 0 radical (unpaired) electrons. The van der Waals surface area contributed by atoms with E-state index in [1.165, 1.54) is 37.0 Å². The Bertz CT molecular complexity index is 970. The second-order valence-corrected chi connectivity index (χ2v) is 8.46. The van der Waals surface area contributed by atoms with Crippen LogP contribution in [0.15, 0.2) is 48.5 Å². The highest BCUT2D eigenvalue weighted by molar-refractivity contribution is 6.05. The largest absolute Gasteiger partial charge is 0.482 e. The average Bonchev–Trinajstić information content (AvgIpc) is 2.81. The highest BCUT2D eigenvalue weighted by Gasteiger charge is 2.28. The molecule has 4 rings (SSSR count). The minimum absolute atomic E-state index is 0.0352. The number of hydrogen-bond acceptors (Lipinski definition) is 4. The van der Waals surface area contributed by atoms with Crippen molar-refractivity contribution >= 4 is 34.8 Å². The molecule has 1 fully saturated rings. The van der Waals surface area contributed by atoms with Gasteiger partial charge in [-0.2, -0.15) is 0 Å². The van der Waals surface area contributed by atoms with Crippen molar-refractivity contribution in [2.24, 2.45) is 5.92 Å². The predicted molar refractivity (Wildman–Crippen MR) is 124 cm³/mol. The van der Waals surface area contributed by atoms with Crippen LogP contribution in [0.3, 0.4) is 0 Å². The Kier molecular flexibility index (Phi) is 7.04. The van der Waals surface area contributed by atoms with E-state index < -0.39 is 0 Å². The Balaban J connectivity index is 1.39. The zero-order chi connectivity index (χ0) is 22.3. The molecule has 1 aliphatic carbocycles.